The number of hydrogen-bond acceptors (Lipinski definition) is 6. The zero-order valence-corrected chi connectivity index (χ0v) is 15.3. The molecule has 0 aromatic carbocycles. The molecule has 0 atom stereocenters. The minimum Gasteiger partial charge on any atom is -0.350 e. The summed E-state index contributed by atoms with van der Waals surface area (Å²) in [6, 6.07) is 0. The van der Waals surface area contributed by atoms with Gasteiger partial charge >= 0.3 is 0 Å². The van der Waals surface area contributed by atoms with Crippen LogP contribution in [0, 0.1) is 0 Å². The molecule has 0 radical (unpaired) electrons. The van der Waals surface area contributed by atoms with Crippen LogP contribution >= 0.6 is 0 Å². The zero-order valence-electron chi connectivity index (χ0n) is 15.3. The van der Waals surface area contributed by atoms with E-state index in [4.69, 9.17) is 0 Å². The van der Waals surface area contributed by atoms with Gasteiger partial charge in [-0.2, -0.15) is 10.2 Å². The number of hydrogen-bond donors (Lipinski definition) is 3. The molecular formula is C16H22N8O3. The van der Waals surface area contributed by atoms with E-state index in [-0.39, 0.29) is 24.3 Å². The number of aromatic amines is 1. The van der Waals surface area contributed by atoms with Crippen molar-refractivity contribution in [3.05, 3.63) is 29.1 Å². The van der Waals surface area contributed by atoms with Crippen molar-refractivity contribution in [1.82, 2.24) is 40.5 Å². The van der Waals surface area contributed by atoms with Crippen LogP contribution in [0.4, 0.5) is 0 Å². The second kappa shape index (κ2) is 7.98. The Balaban J connectivity index is 1.55. The molecule has 1 aliphatic rings. The van der Waals surface area contributed by atoms with Gasteiger partial charge < -0.3 is 15.5 Å². The molecule has 27 heavy (non-hydrogen) atoms. The quantitative estimate of drug-likeness (QED) is 0.564. The molecule has 0 saturated heterocycles. The summed E-state index contributed by atoms with van der Waals surface area (Å²) in [6.07, 6.45) is 2.57. The van der Waals surface area contributed by atoms with E-state index < -0.39 is 0 Å². The van der Waals surface area contributed by atoms with Crippen LogP contribution in [0.1, 0.15) is 34.5 Å². The van der Waals surface area contributed by atoms with Crippen molar-refractivity contribution in [2.45, 2.75) is 26.3 Å². The Labute approximate surface area is 155 Å². The second-order valence-electron chi connectivity index (χ2n) is 6.31. The van der Waals surface area contributed by atoms with Crippen molar-refractivity contribution in [2.75, 3.05) is 19.6 Å². The summed E-state index contributed by atoms with van der Waals surface area (Å²) < 4.78 is 1.66. The molecule has 144 valence electrons. The maximum absolute atomic E-state index is 12.4. The summed E-state index contributed by atoms with van der Waals surface area (Å²) in [5.41, 5.74) is 1.93. The molecule has 2 aromatic rings. The van der Waals surface area contributed by atoms with Crippen molar-refractivity contribution in [1.29, 1.82) is 0 Å². The average molecular weight is 374 g/mol. The summed E-state index contributed by atoms with van der Waals surface area (Å²) in [5, 5.41) is 16.3. The van der Waals surface area contributed by atoms with Gasteiger partial charge in [0.15, 0.2) is 5.69 Å². The van der Waals surface area contributed by atoms with Crippen LogP contribution in [0.5, 0.6) is 0 Å². The van der Waals surface area contributed by atoms with E-state index in [9.17, 15) is 14.4 Å². The lowest BCUT2D eigenvalue weighted by Crippen LogP contribution is -2.42. The van der Waals surface area contributed by atoms with Gasteiger partial charge in [0.2, 0.25) is 11.8 Å². The third kappa shape index (κ3) is 4.30. The maximum atomic E-state index is 12.4. The van der Waals surface area contributed by atoms with Gasteiger partial charge in [-0.1, -0.05) is 0 Å². The molecule has 0 spiro atoms. The fourth-order valence-electron chi connectivity index (χ4n) is 2.95. The first-order valence-corrected chi connectivity index (χ1v) is 8.65. The predicted molar refractivity (Wildman–Crippen MR) is 93.4 cm³/mol. The van der Waals surface area contributed by atoms with Crippen LogP contribution in [-0.2, 0) is 36.0 Å². The Bertz CT molecular complexity index is 856. The van der Waals surface area contributed by atoms with Crippen LogP contribution in [-0.4, -0.2) is 67.2 Å². The molecule has 3 N–H and O–H groups in total. The molecule has 0 saturated carbocycles. The van der Waals surface area contributed by atoms with E-state index in [1.165, 1.54) is 13.3 Å². The summed E-state index contributed by atoms with van der Waals surface area (Å²) in [6.45, 7) is 2.57. The van der Waals surface area contributed by atoms with Crippen LogP contribution < -0.4 is 10.6 Å². The van der Waals surface area contributed by atoms with Gasteiger partial charge in [-0.3, -0.25) is 24.2 Å². The van der Waals surface area contributed by atoms with Gasteiger partial charge in [0.05, 0.1) is 18.8 Å². The normalized spacial score (nSPS) is 13.2. The number of amides is 3. The van der Waals surface area contributed by atoms with E-state index in [0.29, 0.717) is 38.2 Å². The minimum atomic E-state index is -0.257. The first-order chi connectivity index (χ1) is 13.0. The van der Waals surface area contributed by atoms with Crippen molar-refractivity contribution < 1.29 is 14.4 Å². The van der Waals surface area contributed by atoms with Crippen LogP contribution in [0.15, 0.2) is 6.33 Å². The fraction of sp³-hybridized carbons (Fsp3) is 0.500. The number of fused-ring (bicyclic) bond motifs is 1. The lowest BCUT2D eigenvalue weighted by molar-refractivity contribution is -0.133. The van der Waals surface area contributed by atoms with Crippen molar-refractivity contribution in [3.8, 4) is 0 Å². The molecule has 2 aromatic heterocycles. The molecular weight excluding hydrogens is 352 g/mol. The average Bonchev–Trinajstić information content (AvgIpc) is 3.25. The number of nitrogens with one attached hydrogen (secondary N) is 3. The van der Waals surface area contributed by atoms with Gasteiger partial charge in [0, 0.05) is 39.0 Å². The lowest BCUT2D eigenvalue weighted by Gasteiger charge is -2.26. The number of aromatic nitrogens is 5. The van der Waals surface area contributed by atoms with E-state index in [1.54, 1.807) is 16.6 Å². The number of nitrogens with zero attached hydrogens (tertiary/aromatic N) is 5. The topological polar surface area (TPSA) is 138 Å². The smallest absolute Gasteiger partial charge is 0.272 e. The van der Waals surface area contributed by atoms with Crippen molar-refractivity contribution in [2.24, 2.45) is 7.05 Å². The Kier molecular flexibility index (Phi) is 5.48. The predicted octanol–water partition coefficient (Wildman–Crippen LogP) is -1.47. The zero-order chi connectivity index (χ0) is 19.4. The Morgan fingerprint density at radius 2 is 2.11 bits per heavy atom. The number of rotatable bonds is 6. The van der Waals surface area contributed by atoms with Gasteiger partial charge in [0.1, 0.15) is 12.2 Å². The number of carbonyl (C=O) groups excluding carboxylic acids is 3. The molecule has 0 unspecified atom stereocenters. The SMILES string of the molecule is CC(=O)NCC(=O)N1CCc2c(C(=O)NCCc3ncnn3C)n[nH]c2C1. The van der Waals surface area contributed by atoms with Crippen LogP contribution in [0.2, 0.25) is 0 Å². The largest absolute Gasteiger partial charge is 0.350 e. The molecule has 1 aliphatic heterocycles. The first kappa shape index (κ1) is 18.5. The van der Waals surface area contributed by atoms with Gasteiger partial charge in [-0.05, 0) is 6.42 Å². The molecule has 0 bridgehead atoms. The number of aryl methyl sites for hydroxylation is 1. The van der Waals surface area contributed by atoms with Crippen LogP contribution in [0.3, 0.4) is 0 Å². The van der Waals surface area contributed by atoms with Gasteiger partial charge in [-0.25, -0.2) is 4.98 Å². The monoisotopic (exact) mass is 374 g/mol. The Morgan fingerprint density at radius 3 is 2.81 bits per heavy atom. The van der Waals surface area contributed by atoms with Gasteiger partial charge in [0.25, 0.3) is 5.91 Å². The maximum Gasteiger partial charge on any atom is 0.272 e. The summed E-state index contributed by atoms with van der Waals surface area (Å²) >= 11 is 0. The second-order valence-corrected chi connectivity index (χ2v) is 6.31. The molecule has 11 heteroatoms. The molecule has 3 heterocycles. The van der Waals surface area contributed by atoms with Crippen molar-refractivity contribution in [3.63, 3.8) is 0 Å². The molecule has 3 rings (SSSR count). The molecule has 11 nitrogen and oxygen atoms in total. The lowest BCUT2D eigenvalue weighted by atomic mass is 10.0. The number of carbonyl (C=O) groups is 3. The van der Waals surface area contributed by atoms with Gasteiger partial charge in [-0.15, -0.1) is 0 Å². The standard InChI is InChI=1S/C16H22N8O3/c1-10(25)18-7-14(26)24-6-4-11-12(8-24)21-22-15(11)16(27)17-5-3-13-19-9-20-23(13)2/h9H,3-8H2,1-2H3,(H,17,27)(H,18,25)(H,21,22). The molecule has 0 aliphatic carbocycles. The summed E-state index contributed by atoms with van der Waals surface area (Å²) in [4.78, 5) is 41.2. The van der Waals surface area contributed by atoms with E-state index in [0.717, 1.165) is 17.1 Å². The third-order valence-corrected chi connectivity index (χ3v) is 4.43. The first-order valence-electron chi connectivity index (χ1n) is 8.65. The molecule has 3 amide bonds. The highest BCUT2D eigenvalue weighted by atomic mass is 16.2. The van der Waals surface area contributed by atoms with E-state index in [2.05, 4.69) is 30.9 Å². The Morgan fingerprint density at radius 1 is 1.30 bits per heavy atom. The third-order valence-electron chi connectivity index (χ3n) is 4.43. The fourth-order valence-corrected chi connectivity index (χ4v) is 2.95. The minimum absolute atomic E-state index is 0.0335. The number of H-pyrrole nitrogens is 1. The summed E-state index contributed by atoms with van der Waals surface area (Å²) in [7, 11) is 1.80. The highest BCUT2D eigenvalue weighted by Gasteiger charge is 2.27. The molecule has 0 fully saturated rings. The summed E-state index contributed by atoms with van der Waals surface area (Å²) in [5.74, 6) is 0.114. The highest BCUT2D eigenvalue weighted by molar-refractivity contribution is 5.94. The van der Waals surface area contributed by atoms with E-state index >= 15 is 0 Å². The van der Waals surface area contributed by atoms with E-state index in [1.807, 2.05) is 0 Å². The van der Waals surface area contributed by atoms with Crippen LogP contribution in [0.25, 0.3) is 0 Å². The Hall–Kier alpha value is -3.24. The highest BCUT2D eigenvalue weighted by Crippen LogP contribution is 2.20. The van der Waals surface area contributed by atoms with Crippen molar-refractivity contribution >= 4 is 17.7 Å².